The molecule has 3 N–H and O–H groups in total. The summed E-state index contributed by atoms with van der Waals surface area (Å²) in [6, 6.07) is 2.08. The predicted molar refractivity (Wildman–Crippen MR) is 57.9 cm³/mol. The standard InChI is InChI=1S/C10H18N4O/c1-3-8-7-9(4-2)14(13-8)6-5-10(15)12-11/h7H,3-6,11H2,1-2H3,(H,12,15). The quantitative estimate of drug-likeness (QED) is 0.419. The van der Waals surface area contributed by atoms with Gasteiger partial charge in [0.25, 0.3) is 0 Å². The van der Waals surface area contributed by atoms with Crippen LogP contribution in [0.15, 0.2) is 6.07 Å². The largest absolute Gasteiger partial charge is 0.294 e. The lowest BCUT2D eigenvalue weighted by Gasteiger charge is -2.04. The number of carbonyl (C=O) groups excluding carboxylic acids is 1. The number of carbonyl (C=O) groups is 1. The number of amides is 1. The number of aryl methyl sites for hydroxylation is 3. The third-order valence-electron chi connectivity index (χ3n) is 2.35. The van der Waals surface area contributed by atoms with Gasteiger partial charge in [0, 0.05) is 12.1 Å². The molecule has 1 rings (SSSR count). The maximum absolute atomic E-state index is 11.0. The molecule has 1 aromatic heterocycles. The SMILES string of the molecule is CCc1cc(CC)n(CCC(=O)NN)n1. The van der Waals surface area contributed by atoms with Crippen molar-refractivity contribution in [3.63, 3.8) is 0 Å². The number of nitrogens with one attached hydrogen (secondary N) is 1. The summed E-state index contributed by atoms with van der Waals surface area (Å²) in [5, 5.41) is 4.40. The van der Waals surface area contributed by atoms with Gasteiger partial charge in [0.1, 0.15) is 0 Å². The Balaban J connectivity index is 2.66. The van der Waals surface area contributed by atoms with Crippen LogP contribution < -0.4 is 11.3 Å². The number of aromatic nitrogens is 2. The zero-order valence-electron chi connectivity index (χ0n) is 9.29. The third-order valence-corrected chi connectivity index (χ3v) is 2.35. The number of rotatable bonds is 5. The minimum absolute atomic E-state index is 0.161. The lowest BCUT2D eigenvalue weighted by atomic mass is 10.2. The highest BCUT2D eigenvalue weighted by Gasteiger charge is 2.06. The van der Waals surface area contributed by atoms with E-state index in [0.717, 1.165) is 24.2 Å². The molecule has 1 amide bonds. The Morgan fingerprint density at radius 2 is 2.27 bits per heavy atom. The summed E-state index contributed by atoms with van der Waals surface area (Å²) in [6.07, 6.45) is 2.22. The average Bonchev–Trinajstić information content (AvgIpc) is 2.68. The van der Waals surface area contributed by atoms with Crippen LogP contribution in [0.25, 0.3) is 0 Å². The molecule has 0 atom stereocenters. The van der Waals surface area contributed by atoms with Gasteiger partial charge >= 0.3 is 0 Å². The molecule has 1 heterocycles. The molecule has 84 valence electrons. The number of hydrogen-bond acceptors (Lipinski definition) is 3. The first-order chi connectivity index (χ1) is 7.21. The zero-order valence-corrected chi connectivity index (χ0v) is 9.29. The summed E-state index contributed by atoms with van der Waals surface area (Å²) in [5.74, 6) is 4.85. The minimum Gasteiger partial charge on any atom is -0.294 e. The van der Waals surface area contributed by atoms with Gasteiger partial charge in [0.2, 0.25) is 5.91 Å². The van der Waals surface area contributed by atoms with Crippen molar-refractivity contribution < 1.29 is 4.79 Å². The van der Waals surface area contributed by atoms with Crippen LogP contribution in [0.1, 0.15) is 31.7 Å². The van der Waals surface area contributed by atoms with Gasteiger partial charge in [-0.1, -0.05) is 13.8 Å². The fraction of sp³-hybridized carbons (Fsp3) is 0.600. The van der Waals surface area contributed by atoms with Crippen LogP contribution in [0, 0.1) is 0 Å². The topological polar surface area (TPSA) is 72.9 Å². The highest BCUT2D eigenvalue weighted by Crippen LogP contribution is 2.06. The Hall–Kier alpha value is -1.36. The summed E-state index contributed by atoms with van der Waals surface area (Å²) in [5.41, 5.74) is 4.35. The Morgan fingerprint density at radius 1 is 1.53 bits per heavy atom. The normalized spacial score (nSPS) is 10.3. The van der Waals surface area contributed by atoms with E-state index in [-0.39, 0.29) is 5.91 Å². The Labute approximate surface area is 89.6 Å². The number of hydrazine groups is 1. The minimum atomic E-state index is -0.161. The molecule has 0 radical (unpaired) electrons. The van der Waals surface area contributed by atoms with E-state index in [1.807, 2.05) is 4.68 Å². The monoisotopic (exact) mass is 210 g/mol. The second-order valence-electron chi connectivity index (χ2n) is 3.37. The molecule has 5 nitrogen and oxygen atoms in total. The molecule has 0 saturated heterocycles. The Morgan fingerprint density at radius 3 is 2.80 bits per heavy atom. The van der Waals surface area contributed by atoms with Crippen molar-refractivity contribution in [2.24, 2.45) is 5.84 Å². The van der Waals surface area contributed by atoms with Gasteiger partial charge in [-0.2, -0.15) is 5.10 Å². The van der Waals surface area contributed by atoms with Crippen LogP contribution in [-0.4, -0.2) is 15.7 Å². The predicted octanol–water partition coefficient (Wildman–Crippen LogP) is 0.388. The van der Waals surface area contributed by atoms with E-state index in [0.29, 0.717) is 13.0 Å². The molecular formula is C10H18N4O. The molecule has 0 spiro atoms. The molecule has 0 fully saturated rings. The molecule has 0 bridgehead atoms. The lowest BCUT2D eigenvalue weighted by Crippen LogP contribution is -2.30. The smallest absolute Gasteiger partial charge is 0.235 e. The van der Waals surface area contributed by atoms with Gasteiger partial charge in [0.15, 0.2) is 0 Å². The first-order valence-corrected chi connectivity index (χ1v) is 5.26. The highest BCUT2D eigenvalue weighted by molar-refractivity contribution is 5.74. The summed E-state index contributed by atoms with van der Waals surface area (Å²) >= 11 is 0. The fourth-order valence-electron chi connectivity index (χ4n) is 1.45. The van der Waals surface area contributed by atoms with Crippen LogP contribution in [0.5, 0.6) is 0 Å². The molecule has 0 saturated carbocycles. The number of nitrogens with two attached hydrogens (primary N) is 1. The second kappa shape index (κ2) is 5.50. The van der Waals surface area contributed by atoms with Gasteiger partial charge in [-0.05, 0) is 18.9 Å². The van der Waals surface area contributed by atoms with Crippen LogP contribution in [0.3, 0.4) is 0 Å². The van der Waals surface area contributed by atoms with Crippen LogP contribution in [0.2, 0.25) is 0 Å². The van der Waals surface area contributed by atoms with E-state index in [1.54, 1.807) is 0 Å². The molecule has 5 heteroatoms. The number of nitrogens with zero attached hydrogens (tertiary/aromatic N) is 2. The van der Waals surface area contributed by atoms with Gasteiger partial charge in [-0.25, -0.2) is 5.84 Å². The maximum atomic E-state index is 11.0. The summed E-state index contributed by atoms with van der Waals surface area (Å²) in [4.78, 5) is 11.0. The second-order valence-corrected chi connectivity index (χ2v) is 3.37. The maximum Gasteiger partial charge on any atom is 0.235 e. The first-order valence-electron chi connectivity index (χ1n) is 5.26. The van der Waals surface area contributed by atoms with E-state index < -0.39 is 0 Å². The Bertz CT molecular complexity index is 332. The van der Waals surface area contributed by atoms with Crippen molar-refractivity contribution in [1.82, 2.24) is 15.2 Å². The van der Waals surface area contributed by atoms with Gasteiger partial charge in [-0.15, -0.1) is 0 Å². The lowest BCUT2D eigenvalue weighted by molar-refractivity contribution is -0.121. The molecular weight excluding hydrogens is 192 g/mol. The average molecular weight is 210 g/mol. The van der Waals surface area contributed by atoms with Gasteiger partial charge in [0.05, 0.1) is 12.2 Å². The van der Waals surface area contributed by atoms with E-state index in [4.69, 9.17) is 5.84 Å². The van der Waals surface area contributed by atoms with E-state index in [2.05, 4.69) is 30.4 Å². The van der Waals surface area contributed by atoms with Crippen LogP contribution >= 0.6 is 0 Å². The molecule has 15 heavy (non-hydrogen) atoms. The summed E-state index contributed by atoms with van der Waals surface area (Å²) in [7, 11) is 0. The molecule has 0 aliphatic heterocycles. The van der Waals surface area contributed by atoms with Crippen molar-refractivity contribution in [3.8, 4) is 0 Å². The van der Waals surface area contributed by atoms with Crippen molar-refractivity contribution in [2.75, 3.05) is 0 Å². The van der Waals surface area contributed by atoms with Crippen LogP contribution in [0.4, 0.5) is 0 Å². The van der Waals surface area contributed by atoms with Crippen molar-refractivity contribution in [1.29, 1.82) is 0 Å². The number of hydrogen-bond donors (Lipinski definition) is 2. The van der Waals surface area contributed by atoms with Crippen LogP contribution in [-0.2, 0) is 24.2 Å². The molecule has 0 aromatic carbocycles. The van der Waals surface area contributed by atoms with Crippen molar-refractivity contribution in [2.45, 2.75) is 39.7 Å². The first kappa shape index (κ1) is 11.7. The van der Waals surface area contributed by atoms with Gasteiger partial charge < -0.3 is 0 Å². The zero-order chi connectivity index (χ0) is 11.3. The van der Waals surface area contributed by atoms with Crippen molar-refractivity contribution in [3.05, 3.63) is 17.5 Å². The molecule has 0 aliphatic rings. The van der Waals surface area contributed by atoms with E-state index in [9.17, 15) is 4.79 Å². The summed E-state index contributed by atoms with van der Waals surface area (Å²) < 4.78 is 1.88. The fourth-order valence-corrected chi connectivity index (χ4v) is 1.45. The third kappa shape index (κ3) is 3.06. The molecule has 1 aromatic rings. The van der Waals surface area contributed by atoms with E-state index in [1.165, 1.54) is 0 Å². The van der Waals surface area contributed by atoms with E-state index >= 15 is 0 Å². The summed E-state index contributed by atoms with van der Waals surface area (Å²) in [6.45, 7) is 4.74. The molecule has 0 unspecified atom stereocenters. The van der Waals surface area contributed by atoms with Gasteiger partial charge in [-0.3, -0.25) is 14.9 Å². The van der Waals surface area contributed by atoms with Crippen molar-refractivity contribution >= 4 is 5.91 Å². The Kier molecular flexibility index (Phi) is 4.30. The highest BCUT2D eigenvalue weighted by atomic mass is 16.2. The molecule has 0 aliphatic carbocycles.